The van der Waals surface area contributed by atoms with Crippen molar-refractivity contribution in [3.63, 3.8) is 0 Å². The molecule has 1 aliphatic rings. The minimum absolute atomic E-state index is 0.0156. The summed E-state index contributed by atoms with van der Waals surface area (Å²) in [4.78, 5) is 14.1. The smallest absolute Gasteiger partial charge is 0.321 e. The number of carbonyl (C=O) groups excluding carboxylic acids is 1. The summed E-state index contributed by atoms with van der Waals surface area (Å²) >= 11 is 0. The second-order valence-electron chi connectivity index (χ2n) is 7.17. The number of rotatable bonds is 9. The Morgan fingerprint density at radius 2 is 1.50 bits per heavy atom. The zero-order valence-corrected chi connectivity index (χ0v) is 16.5. The third-order valence-corrected chi connectivity index (χ3v) is 4.96. The van der Waals surface area contributed by atoms with Crippen LogP contribution in [0.3, 0.4) is 0 Å². The first-order valence-electron chi connectivity index (χ1n) is 10.3. The normalized spacial score (nSPS) is 14.1. The minimum Gasteiger partial charge on any atom is -0.381 e. The Hall–Kier alpha value is -2.37. The van der Waals surface area contributed by atoms with Crippen LogP contribution in [0.2, 0.25) is 0 Å². The molecule has 2 N–H and O–H groups in total. The Morgan fingerprint density at radius 1 is 0.893 bits per heavy atom. The summed E-state index contributed by atoms with van der Waals surface area (Å²) < 4.78 is 5.75. The van der Waals surface area contributed by atoms with Crippen molar-refractivity contribution < 1.29 is 9.53 Å². The molecule has 5 heteroatoms. The Labute approximate surface area is 168 Å². The minimum atomic E-state index is -0.0156. The van der Waals surface area contributed by atoms with Gasteiger partial charge in [-0.1, -0.05) is 42.5 Å². The molecule has 1 saturated heterocycles. The maximum Gasteiger partial charge on any atom is 0.321 e. The third-order valence-electron chi connectivity index (χ3n) is 4.96. The molecule has 0 unspecified atom stereocenters. The molecule has 2 aromatic carbocycles. The maximum absolute atomic E-state index is 12.2. The zero-order chi connectivity index (χ0) is 19.4. The molecule has 0 bridgehead atoms. The molecule has 3 rings (SSSR count). The van der Waals surface area contributed by atoms with E-state index in [9.17, 15) is 4.79 Å². The molecule has 0 aromatic heterocycles. The molecule has 28 heavy (non-hydrogen) atoms. The topological polar surface area (TPSA) is 53.6 Å². The van der Waals surface area contributed by atoms with Crippen LogP contribution in [0.4, 0.5) is 10.5 Å². The number of urea groups is 1. The number of amides is 2. The van der Waals surface area contributed by atoms with Gasteiger partial charge in [-0.2, -0.15) is 0 Å². The molecule has 2 aromatic rings. The Morgan fingerprint density at radius 3 is 2.14 bits per heavy atom. The van der Waals surface area contributed by atoms with Crippen LogP contribution in [0.1, 0.15) is 24.0 Å². The van der Waals surface area contributed by atoms with Crippen molar-refractivity contribution in [3.05, 3.63) is 65.7 Å². The molecule has 1 fully saturated rings. The number of hydrogen-bond donors (Lipinski definition) is 2. The summed E-state index contributed by atoms with van der Waals surface area (Å²) in [6.07, 6.45) is 4.13. The van der Waals surface area contributed by atoms with Gasteiger partial charge in [0.1, 0.15) is 0 Å². The lowest BCUT2D eigenvalue weighted by Crippen LogP contribution is -2.48. The summed E-state index contributed by atoms with van der Waals surface area (Å²) in [5, 5.41) is 6.23. The van der Waals surface area contributed by atoms with Crippen LogP contribution in [0.15, 0.2) is 54.6 Å². The monoisotopic (exact) mass is 381 g/mol. The summed E-state index contributed by atoms with van der Waals surface area (Å²) in [5.41, 5.74) is 3.49. The fourth-order valence-corrected chi connectivity index (χ4v) is 3.33. The average molecular weight is 382 g/mol. The van der Waals surface area contributed by atoms with Gasteiger partial charge < -0.3 is 20.3 Å². The number of anilines is 1. The quantitative estimate of drug-likeness (QED) is 0.651. The first-order valence-corrected chi connectivity index (χ1v) is 10.3. The number of piperazine rings is 1. The number of hydrogen-bond acceptors (Lipinski definition) is 3. The van der Waals surface area contributed by atoms with E-state index in [0.717, 1.165) is 70.8 Å². The number of nitrogens with zero attached hydrogens (tertiary/aromatic N) is 1. The molecule has 0 radical (unpaired) electrons. The number of nitrogens with one attached hydrogen (secondary N) is 2. The van der Waals surface area contributed by atoms with E-state index in [2.05, 4.69) is 47.0 Å². The molecule has 0 aliphatic carbocycles. The lowest BCUT2D eigenvalue weighted by atomic mass is 10.1. The third kappa shape index (κ3) is 6.98. The summed E-state index contributed by atoms with van der Waals surface area (Å²) in [6, 6.07) is 18.7. The van der Waals surface area contributed by atoms with Gasteiger partial charge in [0.05, 0.1) is 0 Å². The van der Waals surface area contributed by atoms with Crippen LogP contribution in [-0.2, 0) is 17.6 Å². The van der Waals surface area contributed by atoms with Crippen LogP contribution in [0.5, 0.6) is 0 Å². The summed E-state index contributed by atoms with van der Waals surface area (Å²) in [7, 11) is 0. The van der Waals surface area contributed by atoms with E-state index in [0.29, 0.717) is 0 Å². The Balaban J connectivity index is 1.27. The lowest BCUT2D eigenvalue weighted by Gasteiger charge is -2.27. The molecule has 0 spiro atoms. The van der Waals surface area contributed by atoms with Crippen molar-refractivity contribution in [1.82, 2.24) is 10.2 Å². The molecule has 1 heterocycles. The van der Waals surface area contributed by atoms with Gasteiger partial charge in [-0.3, -0.25) is 0 Å². The van der Waals surface area contributed by atoms with Gasteiger partial charge >= 0.3 is 6.03 Å². The van der Waals surface area contributed by atoms with E-state index in [4.69, 9.17) is 4.74 Å². The van der Waals surface area contributed by atoms with Crippen molar-refractivity contribution in [1.29, 1.82) is 0 Å². The number of carbonyl (C=O) groups is 1. The second kappa shape index (κ2) is 11.5. The van der Waals surface area contributed by atoms with Crippen molar-refractivity contribution in [2.75, 3.05) is 44.7 Å². The maximum atomic E-state index is 12.2. The highest BCUT2D eigenvalue weighted by molar-refractivity contribution is 5.89. The zero-order valence-electron chi connectivity index (χ0n) is 16.5. The van der Waals surface area contributed by atoms with Crippen molar-refractivity contribution in [2.45, 2.75) is 25.7 Å². The highest BCUT2D eigenvalue weighted by Crippen LogP contribution is 2.12. The van der Waals surface area contributed by atoms with Gasteiger partial charge in [0, 0.05) is 45.1 Å². The Kier molecular flexibility index (Phi) is 8.34. The van der Waals surface area contributed by atoms with E-state index in [1.165, 1.54) is 11.1 Å². The molecular formula is C23H31N3O2. The predicted octanol–water partition coefficient (Wildman–Crippen LogP) is 3.71. The fourth-order valence-electron chi connectivity index (χ4n) is 3.33. The van der Waals surface area contributed by atoms with Gasteiger partial charge in [0.25, 0.3) is 0 Å². The van der Waals surface area contributed by atoms with Crippen LogP contribution in [-0.4, -0.2) is 50.3 Å². The second-order valence-corrected chi connectivity index (χ2v) is 7.17. The van der Waals surface area contributed by atoms with Crippen LogP contribution < -0.4 is 10.6 Å². The van der Waals surface area contributed by atoms with Gasteiger partial charge in [-0.25, -0.2) is 4.79 Å². The lowest BCUT2D eigenvalue weighted by molar-refractivity contribution is 0.130. The highest BCUT2D eigenvalue weighted by atomic mass is 16.5. The summed E-state index contributed by atoms with van der Waals surface area (Å²) in [5.74, 6) is 0. The molecule has 0 atom stereocenters. The van der Waals surface area contributed by atoms with E-state index in [1.54, 1.807) is 0 Å². The highest BCUT2D eigenvalue weighted by Gasteiger charge is 2.15. The molecule has 1 aliphatic heterocycles. The van der Waals surface area contributed by atoms with E-state index in [-0.39, 0.29) is 6.03 Å². The van der Waals surface area contributed by atoms with Gasteiger partial charge in [0.2, 0.25) is 0 Å². The first kappa shape index (κ1) is 20.4. The fraction of sp³-hybridized carbons (Fsp3) is 0.435. The SMILES string of the molecule is O=C(Nc1ccc(CCCOCCCc2ccccc2)cc1)N1CCNCC1. The number of ether oxygens (including phenoxy) is 1. The molecular weight excluding hydrogens is 350 g/mol. The van der Waals surface area contributed by atoms with Gasteiger partial charge in [-0.15, -0.1) is 0 Å². The first-order chi connectivity index (χ1) is 13.8. The predicted molar refractivity (Wildman–Crippen MR) is 114 cm³/mol. The van der Waals surface area contributed by atoms with Gasteiger partial charge in [-0.05, 0) is 48.9 Å². The molecule has 150 valence electrons. The Bertz CT molecular complexity index is 698. The molecule has 0 saturated carbocycles. The largest absolute Gasteiger partial charge is 0.381 e. The van der Waals surface area contributed by atoms with Crippen LogP contribution in [0, 0.1) is 0 Å². The van der Waals surface area contributed by atoms with Crippen molar-refractivity contribution in [2.24, 2.45) is 0 Å². The molecule has 2 amide bonds. The van der Waals surface area contributed by atoms with Crippen LogP contribution >= 0.6 is 0 Å². The van der Waals surface area contributed by atoms with Crippen molar-refractivity contribution >= 4 is 11.7 Å². The average Bonchev–Trinajstić information content (AvgIpc) is 2.75. The van der Waals surface area contributed by atoms with Crippen LogP contribution in [0.25, 0.3) is 0 Å². The van der Waals surface area contributed by atoms with Gasteiger partial charge in [0.15, 0.2) is 0 Å². The van der Waals surface area contributed by atoms with E-state index >= 15 is 0 Å². The van der Waals surface area contributed by atoms with Crippen molar-refractivity contribution in [3.8, 4) is 0 Å². The number of aryl methyl sites for hydroxylation is 2. The standard InChI is InChI=1S/C23H31N3O2/c27-23(26-16-14-24-15-17-26)25-22-12-10-21(11-13-22)9-5-19-28-18-4-8-20-6-2-1-3-7-20/h1-3,6-7,10-13,24H,4-5,8-9,14-19H2,(H,25,27). The number of benzene rings is 2. The molecule has 5 nitrogen and oxygen atoms in total. The van der Waals surface area contributed by atoms with E-state index < -0.39 is 0 Å². The van der Waals surface area contributed by atoms with E-state index in [1.807, 2.05) is 23.1 Å². The summed E-state index contributed by atoms with van der Waals surface area (Å²) in [6.45, 7) is 4.84.